The number of carboxylic acids is 1. The Bertz CT molecular complexity index is 222. The van der Waals surface area contributed by atoms with Gasteiger partial charge in [0.15, 0.2) is 0 Å². The smallest absolute Gasteiger partial charge is 0.303 e. The first-order chi connectivity index (χ1) is 5.89. The molecule has 0 aromatic carbocycles. The van der Waals surface area contributed by atoms with E-state index in [1.54, 1.807) is 6.92 Å². The van der Waals surface area contributed by atoms with E-state index in [-0.39, 0.29) is 12.8 Å². The first kappa shape index (κ1) is 11.7. The van der Waals surface area contributed by atoms with Crippen LogP contribution in [0.4, 0.5) is 0 Å². The van der Waals surface area contributed by atoms with E-state index in [1.165, 1.54) is 13.0 Å². The number of hydrogen-bond donors (Lipinski definition) is 1. The zero-order chi connectivity index (χ0) is 10.5. The third-order valence-corrected chi connectivity index (χ3v) is 1.64. The minimum Gasteiger partial charge on any atom is -0.481 e. The lowest BCUT2D eigenvalue weighted by molar-refractivity contribution is -0.153. The molecule has 0 amide bonds. The summed E-state index contributed by atoms with van der Waals surface area (Å²) in [5.74, 6) is -1.35. The number of rotatable bonds is 5. The second kappa shape index (κ2) is 4.64. The second-order valence-corrected chi connectivity index (χ2v) is 3.00. The van der Waals surface area contributed by atoms with Gasteiger partial charge < -0.3 is 9.84 Å². The molecule has 1 unspecified atom stereocenters. The molecular formula is C9H14O4. The predicted octanol–water partition coefficient (Wildman–Crippen LogP) is 1.36. The van der Waals surface area contributed by atoms with Gasteiger partial charge in [0.2, 0.25) is 0 Å². The molecule has 74 valence electrons. The van der Waals surface area contributed by atoms with Gasteiger partial charge >= 0.3 is 11.9 Å². The summed E-state index contributed by atoms with van der Waals surface area (Å²) in [4.78, 5) is 20.9. The standard InChI is InChI=1S/C9H14O4/c1-4-9(3,13-7(2)10)6-5-8(11)12/h4H,1,5-6H2,2-3H3,(H,11,12). The zero-order valence-corrected chi connectivity index (χ0v) is 7.87. The SMILES string of the molecule is C=CC(C)(CCC(=O)O)OC(C)=O. The minimum atomic E-state index is -0.916. The van der Waals surface area contributed by atoms with Crippen LogP contribution < -0.4 is 0 Å². The molecule has 13 heavy (non-hydrogen) atoms. The molecule has 1 atom stereocenters. The maximum atomic E-state index is 10.6. The quantitative estimate of drug-likeness (QED) is 0.520. The molecule has 4 nitrogen and oxygen atoms in total. The van der Waals surface area contributed by atoms with Gasteiger partial charge in [-0.15, -0.1) is 0 Å². The molecule has 0 aliphatic carbocycles. The van der Waals surface area contributed by atoms with Crippen molar-refractivity contribution in [2.24, 2.45) is 0 Å². The molecule has 0 aromatic rings. The predicted molar refractivity (Wildman–Crippen MR) is 47.2 cm³/mol. The summed E-state index contributed by atoms with van der Waals surface area (Å²) in [7, 11) is 0. The third kappa shape index (κ3) is 5.00. The summed E-state index contributed by atoms with van der Waals surface area (Å²) < 4.78 is 4.92. The Balaban J connectivity index is 4.19. The monoisotopic (exact) mass is 186 g/mol. The summed E-state index contributed by atoms with van der Waals surface area (Å²) in [5, 5.41) is 8.43. The summed E-state index contributed by atoms with van der Waals surface area (Å²) in [6.45, 7) is 6.40. The highest BCUT2D eigenvalue weighted by molar-refractivity contribution is 5.68. The van der Waals surface area contributed by atoms with Crippen LogP contribution in [0.25, 0.3) is 0 Å². The number of carbonyl (C=O) groups excluding carboxylic acids is 1. The molecule has 0 saturated heterocycles. The first-order valence-electron chi connectivity index (χ1n) is 3.94. The molecule has 0 bridgehead atoms. The Morgan fingerprint density at radius 2 is 2.15 bits per heavy atom. The topological polar surface area (TPSA) is 63.6 Å². The average Bonchev–Trinajstić information content (AvgIpc) is 2.00. The van der Waals surface area contributed by atoms with Crippen molar-refractivity contribution in [2.45, 2.75) is 32.3 Å². The first-order valence-corrected chi connectivity index (χ1v) is 3.94. The van der Waals surface area contributed by atoms with Crippen LogP contribution in [-0.2, 0) is 14.3 Å². The van der Waals surface area contributed by atoms with Crippen molar-refractivity contribution in [3.05, 3.63) is 12.7 Å². The van der Waals surface area contributed by atoms with Crippen molar-refractivity contribution in [2.75, 3.05) is 0 Å². The Hall–Kier alpha value is -1.32. The van der Waals surface area contributed by atoms with Crippen LogP contribution in [0.3, 0.4) is 0 Å². The summed E-state index contributed by atoms with van der Waals surface area (Å²) >= 11 is 0. The van der Waals surface area contributed by atoms with Crippen LogP contribution in [-0.4, -0.2) is 22.6 Å². The van der Waals surface area contributed by atoms with Crippen LogP contribution in [0.1, 0.15) is 26.7 Å². The van der Waals surface area contributed by atoms with E-state index in [0.29, 0.717) is 0 Å². The van der Waals surface area contributed by atoms with Crippen LogP contribution in [0.2, 0.25) is 0 Å². The number of esters is 1. The Morgan fingerprint density at radius 3 is 2.46 bits per heavy atom. The van der Waals surface area contributed by atoms with E-state index < -0.39 is 17.5 Å². The number of aliphatic carboxylic acids is 1. The molecule has 0 saturated carbocycles. The van der Waals surface area contributed by atoms with Crippen molar-refractivity contribution in [3.8, 4) is 0 Å². The zero-order valence-electron chi connectivity index (χ0n) is 7.87. The fourth-order valence-electron chi connectivity index (χ4n) is 0.878. The van der Waals surface area contributed by atoms with E-state index in [2.05, 4.69) is 6.58 Å². The highest BCUT2D eigenvalue weighted by Crippen LogP contribution is 2.18. The van der Waals surface area contributed by atoms with Gasteiger partial charge in [-0.25, -0.2) is 0 Å². The van der Waals surface area contributed by atoms with Crippen LogP contribution in [0.15, 0.2) is 12.7 Å². The molecule has 0 radical (unpaired) electrons. The van der Waals surface area contributed by atoms with Crippen molar-refractivity contribution in [1.29, 1.82) is 0 Å². The fraction of sp³-hybridized carbons (Fsp3) is 0.556. The van der Waals surface area contributed by atoms with E-state index in [0.717, 1.165) is 0 Å². The average molecular weight is 186 g/mol. The summed E-state index contributed by atoms with van der Waals surface area (Å²) in [6.07, 6.45) is 1.64. The lowest BCUT2D eigenvalue weighted by Gasteiger charge is -2.24. The molecule has 0 rings (SSSR count). The Labute approximate surface area is 77.2 Å². The number of carboxylic acid groups (broad SMARTS) is 1. The second-order valence-electron chi connectivity index (χ2n) is 3.00. The van der Waals surface area contributed by atoms with Crippen molar-refractivity contribution >= 4 is 11.9 Å². The van der Waals surface area contributed by atoms with Crippen molar-refractivity contribution in [3.63, 3.8) is 0 Å². The van der Waals surface area contributed by atoms with Gasteiger partial charge in [0.05, 0.1) is 0 Å². The largest absolute Gasteiger partial charge is 0.481 e. The van der Waals surface area contributed by atoms with Crippen LogP contribution in [0, 0.1) is 0 Å². The van der Waals surface area contributed by atoms with E-state index >= 15 is 0 Å². The molecule has 0 spiro atoms. The fourth-order valence-corrected chi connectivity index (χ4v) is 0.878. The van der Waals surface area contributed by atoms with Crippen molar-refractivity contribution in [1.82, 2.24) is 0 Å². The molecule has 0 aromatic heterocycles. The highest BCUT2D eigenvalue weighted by Gasteiger charge is 2.24. The number of ether oxygens (including phenoxy) is 1. The molecule has 4 heteroatoms. The van der Waals surface area contributed by atoms with Gasteiger partial charge in [-0.1, -0.05) is 6.58 Å². The van der Waals surface area contributed by atoms with E-state index in [4.69, 9.17) is 9.84 Å². The van der Waals surface area contributed by atoms with Gasteiger partial charge in [-0.05, 0) is 13.0 Å². The molecule has 0 aliphatic rings. The van der Waals surface area contributed by atoms with Crippen molar-refractivity contribution < 1.29 is 19.4 Å². The highest BCUT2D eigenvalue weighted by atomic mass is 16.6. The molecule has 1 N–H and O–H groups in total. The van der Waals surface area contributed by atoms with Crippen LogP contribution >= 0.6 is 0 Å². The molecule has 0 fully saturated rings. The Kier molecular flexibility index (Phi) is 4.17. The molecular weight excluding hydrogens is 172 g/mol. The lowest BCUT2D eigenvalue weighted by Crippen LogP contribution is -2.28. The number of carbonyl (C=O) groups is 2. The third-order valence-electron chi connectivity index (χ3n) is 1.64. The van der Waals surface area contributed by atoms with Gasteiger partial charge in [0.25, 0.3) is 0 Å². The summed E-state index contributed by atoms with van der Waals surface area (Å²) in [6, 6.07) is 0. The van der Waals surface area contributed by atoms with Gasteiger partial charge in [-0.2, -0.15) is 0 Å². The Morgan fingerprint density at radius 1 is 1.62 bits per heavy atom. The van der Waals surface area contributed by atoms with Gasteiger partial charge in [0, 0.05) is 19.8 Å². The van der Waals surface area contributed by atoms with E-state index in [1.807, 2.05) is 0 Å². The minimum absolute atomic E-state index is 0.0458. The van der Waals surface area contributed by atoms with Gasteiger partial charge in [0.1, 0.15) is 5.60 Å². The maximum absolute atomic E-state index is 10.6. The van der Waals surface area contributed by atoms with Gasteiger partial charge in [-0.3, -0.25) is 9.59 Å². The number of hydrogen-bond acceptors (Lipinski definition) is 3. The lowest BCUT2D eigenvalue weighted by atomic mass is 10.0. The molecule has 0 aliphatic heterocycles. The maximum Gasteiger partial charge on any atom is 0.303 e. The molecule has 0 heterocycles. The van der Waals surface area contributed by atoms with Crippen LogP contribution in [0.5, 0.6) is 0 Å². The normalized spacial score (nSPS) is 14.3. The summed E-state index contributed by atoms with van der Waals surface area (Å²) in [5.41, 5.74) is -0.871. The van der Waals surface area contributed by atoms with E-state index in [9.17, 15) is 9.59 Å².